The molecule has 0 aromatic rings. The van der Waals surface area contributed by atoms with Gasteiger partial charge in [0.2, 0.25) is 0 Å². The molecule has 3 aliphatic heterocycles. The van der Waals surface area contributed by atoms with Crippen LogP contribution in [0.3, 0.4) is 0 Å². The summed E-state index contributed by atoms with van der Waals surface area (Å²) < 4.78 is 6.16. The third-order valence-electron chi connectivity index (χ3n) is 5.38. The largest absolute Gasteiger partial charge is 0.374 e. The quantitative estimate of drug-likeness (QED) is 0.861. The van der Waals surface area contributed by atoms with Crippen molar-refractivity contribution in [2.45, 2.75) is 50.7 Å². The highest BCUT2D eigenvalue weighted by Crippen LogP contribution is 2.40. The number of ether oxygens (including phenoxy) is 1. The molecule has 4 heteroatoms. The molecule has 3 heterocycles. The van der Waals surface area contributed by atoms with Crippen molar-refractivity contribution < 1.29 is 4.74 Å². The van der Waals surface area contributed by atoms with E-state index >= 15 is 0 Å². The summed E-state index contributed by atoms with van der Waals surface area (Å²) in [6.07, 6.45) is 6.59. The summed E-state index contributed by atoms with van der Waals surface area (Å²) in [5.74, 6) is 3.44. The van der Waals surface area contributed by atoms with Crippen LogP contribution in [0.25, 0.3) is 0 Å². The Kier molecular flexibility index (Phi) is 5.29. The van der Waals surface area contributed by atoms with E-state index in [1.54, 1.807) is 0 Å². The summed E-state index contributed by atoms with van der Waals surface area (Å²) in [4.78, 5) is 2.77. The Morgan fingerprint density at radius 1 is 1.30 bits per heavy atom. The molecule has 0 radical (unpaired) electrons. The topological polar surface area (TPSA) is 24.5 Å². The first kappa shape index (κ1) is 15.1. The van der Waals surface area contributed by atoms with Gasteiger partial charge in [-0.1, -0.05) is 6.92 Å². The van der Waals surface area contributed by atoms with Crippen LogP contribution in [-0.2, 0) is 4.74 Å². The van der Waals surface area contributed by atoms with Gasteiger partial charge in [0.1, 0.15) is 0 Å². The average Bonchev–Trinajstić information content (AvgIpc) is 2.93. The molecular weight excluding hydrogens is 268 g/mol. The molecule has 3 saturated heterocycles. The molecule has 0 aromatic carbocycles. The lowest BCUT2D eigenvalue weighted by atomic mass is 9.87. The fraction of sp³-hybridized carbons (Fsp3) is 1.00. The van der Waals surface area contributed by atoms with Gasteiger partial charge in [0, 0.05) is 18.4 Å². The third-order valence-corrected chi connectivity index (χ3v) is 6.61. The smallest absolute Gasteiger partial charge is 0.0795 e. The molecule has 116 valence electrons. The van der Waals surface area contributed by atoms with Gasteiger partial charge < -0.3 is 15.0 Å². The average molecular weight is 298 g/mol. The Labute approximate surface area is 128 Å². The molecule has 1 spiro atoms. The molecule has 3 aliphatic rings. The lowest BCUT2D eigenvalue weighted by Crippen LogP contribution is -2.51. The SMILES string of the molecule is CCNCC1CCN(C2CCOC3(CCSC3)C2)CC1. The van der Waals surface area contributed by atoms with E-state index in [-0.39, 0.29) is 5.60 Å². The first-order valence-corrected chi connectivity index (χ1v) is 9.63. The fourth-order valence-corrected chi connectivity index (χ4v) is 5.43. The van der Waals surface area contributed by atoms with E-state index < -0.39 is 0 Å². The highest BCUT2D eigenvalue weighted by Gasteiger charge is 2.42. The van der Waals surface area contributed by atoms with Gasteiger partial charge in [0.25, 0.3) is 0 Å². The Morgan fingerprint density at radius 3 is 2.85 bits per heavy atom. The molecule has 3 rings (SSSR count). The number of likely N-dealkylation sites (tertiary alicyclic amines) is 1. The van der Waals surface area contributed by atoms with Crippen LogP contribution in [0, 0.1) is 5.92 Å². The molecule has 0 amide bonds. The zero-order chi connectivity index (χ0) is 13.8. The third kappa shape index (κ3) is 3.52. The van der Waals surface area contributed by atoms with Crippen molar-refractivity contribution in [3.05, 3.63) is 0 Å². The second kappa shape index (κ2) is 6.99. The van der Waals surface area contributed by atoms with Crippen molar-refractivity contribution in [2.24, 2.45) is 5.92 Å². The molecule has 2 atom stereocenters. The first-order chi connectivity index (χ1) is 9.81. The second-order valence-electron chi connectivity index (χ2n) is 6.77. The van der Waals surface area contributed by atoms with Gasteiger partial charge in [-0.15, -0.1) is 0 Å². The minimum atomic E-state index is 0.244. The summed E-state index contributed by atoms with van der Waals surface area (Å²) in [5.41, 5.74) is 0.244. The van der Waals surface area contributed by atoms with Crippen LogP contribution >= 0.6 is 11.8 Å². The zero-order valence-electron chi connectivity index (χ0n) is 12.9. The summed E-state index contributed by atoms with van der Waals surface area (Å²) in [6, 6.07) is 0.794. The maximum Gasteiger partial charge on any atom is 0.0795 e. The van der Waals surface area contributed by atoms with Crippen molar-refractivity contribution in [1.29, 1.82) is 0 Å². The van der Waals surface area contributed by atoms with Crippen molar-refractivity contribution in [2.75, 3.05) is 44.3 Å². The van der Waals surface area contributed by atoms with E-state index in [1.807, 2.05) is 0 Å². The van der Waals surface area contributed by atoms with Crippen LogP contribution in [-0.4, -0.2) is 60.8 Å². The molecule has 0 aliphatic carbocycles. The van der Waals surface area contributed by atoms with Crippen molar-refractivity contribution in [1.82, 2.24) is 10.2 Å². The number of hydrogen-bond acceptors (Lipinski definition) is 4. The van der Waals surface area contributed by atoms with Crippen LogP contribution < -0.4 is 5.32 Å². The molecule has 0 aromatic heterocycles. The summed E-state index contributed by atoms with van der Waals surface area (Å²) in [7, 11) is 0. The van der Waals surface area contributed by atoms with Gasteiger partial charge in [-0.3, -0.25) is 0 Å². The summed E-state index contributed by atoms with van der Waals surface area (Å²) >= 11 is 2.09. The lowest BCUT2D eigenvalue weighted by Gasteiger charge is -2.45. The van der Waals surface area contributed by atoms with Crippen LogP contribution in [0.2, 0.25) is 0 Å². The van der Waals surface area contributed by atoms with Crippen LogP contribution in [0.4, 0.5) is 0 Å². The highest BCUT2D eigenvalue weighted by molar-refractivity contribution is 7.99. The van der Waals surface area contributed by atoms with Gasteiger partial charge in [0.15, 0.2) is 0 Å². The number of hydrogen-bond donors (Lipinski definition) is 1. The number of nitrogens with one attached hydrogen (secondary N) is 1. The van der Waals surface area contributed by atoms with Gasteiger partial charge in [0.05, 0.1) is 5.60 Å². The minimum Gasteiger partial charge on any atom is -0.374 e. The van der Waals surface area contributed by atoms with Crippen LogP contribution in [0.5, 0.6) is 0 Å². The predicted molar refractivity (Wildman–Crippen MR) is 86.5 cm³/mol. The zero-order valence-corrected chi connectivity index (χ0v) is 13.7. The maximum atomic E-state index is 6.16. The first-order valence-electron chi connectivity index (χ1n) is 8.48. The number of rotatable bonds is 4. The van der Waals surface area contributed by atoms with E-state index in [9.17, 15) is 0 Å². The van der Waals surface area contributed by atoms with Gasteiger partial charge in [-0.2, -0.15) is 11.8 Å². The standard InChI is InChI=1S/C16H30N2OS/c1-2-17-12-14-3-7-18(8-4-14)15-5-9-19-16(11-15)6-10-20-13-16/h14-15,17H,2-13H2,1H3. The van der Waals surface area contributed by atoms with E-state index in [2.05, 4.69) is 28.9 Å². The summed E-state index contributed by atoms with van der Waals surface area (Å²) in [5, 5.41) is 3.51. The fourth-order valence-electron chi connectivity index (χ4n) is 4.05. The molecule has 3 nitrogen and oxygen atoms in total. The minimum absolute atomic E-state index is 0.244. The summed E-state index contributed by atoms with van der Waals surface area (Å²) in [6.45, 7) is 8.14. The highest BCUT2D eigenvalue weighted by atomic mass is 32.2. The Hall–Kier alpha value is 0.230. The molecular formula is C16H30N2OS. The van der Waals surface area contributed by atoms with E-state index in [4.69, 9.17) is 4.74 Å². The monoisotopic (exact) mass is 298 g/mol. The Morgan fingerprint density at radius 2 is 2.15 bits per heavy atom. The molecule has 1 N–H and O–H groups in total. The van der Waals surface area contributed by atoms with Crippen molar-refractivity contribution >= 4 is 11.8 Å². The molecule has 2 unspecified atom stereocenters. The molecule has 3 fully saturated rings. The van der Waals surface area contributed by atoms with E-state index in [0.717, 1.165) is 25.1 Å². The predicted octanol–water partition coefficient (Wildman–Crippen LogP) is 2.36. The van der Waals surface area contributed by atoms with Crippen LogP contribution in [0.1, 0.15) is 39.0 Å². The van der Waals surface area contributed by atoms with Crippen molar-refractivity contribution in [3.8, 4) is 0 Å². The molecule has 0 bridgehead atoms. The lowest BCUT2D eigenvalue weighted by molar-refractivity contribution is -0.0928. The molecule has 0 saturated carbocycles. The second-order valence-corrected chi connectivity index (χ2v) is 7.87. The van der Waals surface area contributed by atoms with Crippen molar-refractivity contribution in [3.63, 3.8) is 0 Å². The normalized spacial score (nSPS) is 36.8. The van der Waals surface area contributed by atoms with Gasteiger partial charge >= 0.3 is 0 Å². The van der Waals surface area contributed by atoms with E-state index in [1.165, 1.54) is 63.2 Å². The number of thioether (sulfide) groups is 1. The maximum absolute atomic E-state index is 6.16. The van der Waals surface area contributed by atoms with E-state index in [0.29, 0.717) is 0 Å². The van der Waals surface area contributed by atoms with Gasteiger partial charge in [-0.25, -0.2) is 0 Å². The Bertz CT molecular complexity index is 299. The molecule has 20 heavy (non-hydrogen) atoms. The number of piperidine rings is 1. The number of nitrogens with zero attached hydrogens (tertiary/aromatic N) is 1. The van der Waals surface area contributed by atoms with Crippen LogP contribution in [0.15, 0.2) is 0 Å². The Balaban J connectivity index is 1.48. The van der Waals surface area contributed by atoms with Gasteiger partial charge in [-0.05, 0) is 70.0 Å².